The minimum absolute atomic E-state index is 0.0256. The Bertz CT molecular complexity index is 504. The quantitative estimate of drug-likeness (QED) is 0.138. The largest absolute Gasteiger partial charge is 0.480 e. The van der Waals surface area contributed by atoms with Crippen molar-refractivity contribution >= 4 is 61.6 Å². The lowest BCUT2D eigenvalue weighted by Crippen LogP contribution is -2.49. The maximum absolute atomic E-state index is 11.5. The zero-order chi connectivity index (χ0) is 22.3. The Hall–Kier alpha value is -1.19. The lowest BCUT2D eigenvalue weighted by molar-refractivity contribution is -0.139. The van der Waals surface area contributed by atoms with Crippen LogP contribution in [0.3, 0.4) is 0 Å². The van der Waals surface area contributed by atoms with E-state index >= 15 is 0 Å². The Morgan fingerprint density at radius 3 is 1.79 bits per heavy atom. The Morgan fingerprint density at radius 2 is 1.43 bits per heavy atom. The number of aliphatic carboxylic acids is 2. The number of thiol groups is 3. The van der Waals surface area contributed by atoms with Crippen LogP contribution in [-0.4, -0.2) is 92.3 Å². The fourth-order valence-corrected chi connectivity index (χ4v) is 2.14. The van der Waals surface area contributed by atoms with Gasteiger partial charge in [0.15, 0.2) is 0 Å². The smallest absolute Gasteiger partial charge is 0.322 e. The van der Waals surface area contributed by atoms with E-state index in [4.69, 9.17) is 26.2 Å². The van der Waals surface area contributed by atoms with Gasteiger partial charge in [-0.1, -0.05) is 0 Å². The van der Waals surface area contributed by atoms with Gasteiger partial charge in [-0.25, -0.2) is 0 Å². The molecule has 2 amide bonds. The van der Waals surface area contributed by atoms with Crippen LogP contribution in [0.5, 0.6) is 0 Å². The van der Waals surface area contributed by atoms with Crippen molar-refractivity contribution in [1.29, 1.82) is 0 Å². The Balaban J connectivity index is 0. The van der Waals surface area contributed by atoms with Crippen molar-refractivity contribution in [2.75, 3.05) is 23.8 Å². The van der Waals surface area contributed by atoms with Crippen LogP contribution in [0.25, 0.3) is 0 Å². The molecule has 0 rings (SSSR count). The van der Waals surface area contributed by atoms with Crippen LogP contribution in [-0.2, 0) is 19.2 Å². The van der Waals surface area contributed by atoms with Gasteiger partial charge in [-0.05, 0) is 6.42 Å². The van der Waals surface area contributed by atoms with E-state index in [0.29, 0.717) is 0 Å². The lowest BCUT2D eigenvalue weighted by Gasteiger charge is -2.16. The molecule has 0 saturated carbocycles. The van der Waals surface area contributed by atoms with E-state index in [1.54, 1.807) is 0 Å². The highest BCUT2D eigenvalue weighted by molar-refractivity contribution is 7.80. The van der Waals surface area contributed by atoms with Crippen LogP contribution >= 0.6 is 37.9 Å². The number of hydrogen-bond acceptors (Lipinski definition) is 10. The second-order valence-electron chi connectivity index (χ2n) is 5.40. The molecule has 14 heteroatoms. The number of amides is 2. The molecule has 0 aromatic rings. The van der Waals surface area contributed by atoms with Crippen LogP contribution in [0, 0.1) is 0 Å². The zero-order valence-corrected chi connectivity index (χ0v) is 17.6. The third-order valence-corrected chi connectivity index (χ3v) is 4.18. The van der Waals surface area contributed by atoms with Gasteiger partial charge in [0.2, 0.25) is 11.8 Å². The average molecular weight is 462 g/mol. The van der Waals surface area contributed by atoms with E-state index < -0.39 is 54.6 Å². The number of nitrogens with two attached hydrogens (primary N) is 1. The summed E-state index contributed by atoms with van der Waals surface area (Å²) < 4.78 is 0. The van der Waals surface area contributed by atoms with E-state index in [2.05, 4.69) is 48.5 Å². The molecule has 0 aromatic carbocycles. The second-order valence-corrected chi connectivity index (χ2v) is 6.49. The monoisotopic (exact) mass is 461 g/mol. The van der Waals surface area contributed by atoms with E-state index in [1.165, 1.54) is 0 Å². The molecule has 0 heterocycles. The molecular weight excluding hydrogens is 434 g/mol. The average Bonchev–Trinajstić information content (AvgIpc) is 2.67. The Morgan fingerprint density at radius 1 is 0.929 bits per heavy atom. The first-order valence-electron chi connectivity index (χ1n) is 7.96. The van der Waals surface area contributed by atoms with Crippen molar-refractivity contribution in [2.45, 2.75) is 37.1 Å². The van der Waals surface area contributed by atoms with Gasteiger partial charge < -0.3 is 36.8 Å². The number of hydrogen-bond donors (Lipinski definition) is 10. The minimum atomic E-state index is -1.22. The molecule has 0 fully saturated rings. The highest BCUT2D eigenvalue weighted by Crippen LogP contribution is 1.98. The maximum atomic E-state index is 11.5. The second kappa shape index (κ2) is 16.7. The molecule has 0 unspecified atom stereocenters. The number of rotatable bonds is 12. The summed E-state index contributed by atoms with van der Waals surface area (Å²) in [5.41, 5.74) is 5.23. The van der Waals surface area contributed by atoms with Gasteiger partial charge in [0.1, 0.15) is 18.6 Å². The topological polar surface area (TPSA) is 199 Å². The highest BCUT2D eigenvalue weighted by Gasteiger charge is 2.20. The lowest BCUT2D eigenvalue weighted by atomic mass is 10.1. The molecule has 0 aliphatic heterocycles. The molecule has 0 aliphatic carbocycles. The summed E-state index contributed by atoms with van der Waals surface area (Å²) in [4.78, 5) is 43.7. The molecule has 0 saturated heterocycles. The summed E-state index contributed by atoms with van der Waals surface area (Å²) in [7, 11) is 0. The number of aliphatic hydroxyl groups excluding tert-OH is 2. The zero-order valence-electron chi connectivity index (χ0n) is 14.9. The Labute approximate surface area is 178 Å². The molecule has 4 atom stereocenters. The van der Waals surface area contributed by atoms with E-state index in [-0.39, 0.29) is 30.1 Å². The first-order valence-corrected chi connectivity index (χ1v) is 9.85. The van der Waals surface area contributed by atoms with E-state index in [0.717, 1.165) is 0 Å². The SMILES string of the molecule is N[C@@H](CCC(=O)N[C@@H](CS)C(=O)NCC(=O)O)C(=O)O.O[C@H](CS)[C@H](O)CS. The molecule has 11 nitrogen and oxygen atoms in total. The summed E-state index contributed by atoms with van der Waals surface area (Å²) in [6.45, 7) is -0.567. The fourth-order valence-electron chi connectivity index (χ4n) is 1.40. The third-order valence-electron chi connectivity index (χ3n) is 3.07. The third kappa shape index (κ3) is 14.8. The highest BCUT2D eigenvalue weighted by atomic mass is 32.1. The summed E-state index contributed by atoms with van der Waals surface area (Å²) in [6, 6.07) is -2.15. The van der Waals surface area contributed by atoms with Gasteiger partial charge in [0.05, 0.1) is 12.2 Å². The molecule has 0 aliphatic rings. The van der Waals surface area contributed by atoms with E-state index in [9.17, 15) is 19.2 Å². The van der Waals surface area contributed by atoms with Crippen LogP contribution in [0.15, 0.2) is 0 Å². The fraction of sp³-hybridized carbons (Fsp3) is 0.714. The van der Waals surface area contributed by atoms with Gasteiger partial charge >= 0.3 is 11.9 Å². The van der Waals surface area contributed by atoms with Crippen molar-refractivity contribution in [3.63, 3.8) is 0 Å². The molecule has 8 N–H and O–H groups in total. The van der Waals surface area contributed by atoms with Crippen molar-refractivity contribution in [3.8, 4) is 0 Å². The maximum Gasteiger partial charge on any atom is 0.322 e. The number of carbonyl (C=O) groups excluding carboxylic acids is 2. The first kappa shape index (κ1) is 29.0. The number of carbonyl (C=O) groups is 4. The number of carboxylic acid groups (broad SMARTS) is 2. The van der Waals surface area contributed by atoms with Crippen LogP contribution in [0.2, 0.25) is 0 Å². The Kier molecular flexibility index (Phi) is 17.3. The summed E-state index contributed by atoms with van der Waals surface area (Å²) >= 11 is 11.4. The number of carboxylic acids is 2. The number of aliphatic hydroxyl groups is 2. The normalized spacial score (nSPS) is 14.5. The summed E-state index contributed by atoms with van der Waals surface area (Å²) in [5.74, 6) is -3.15. The molecule has 28 heavy (non-hydrogen) atoms. The van der Waals surface area contributed by atoms with Gasteiger partial charge in [0.25, 0.3) is 0 Å². The van der Waals surface area contributed by atoms with Gasteiger partial charge in [0, 0.05) is 23.7 Å². The van der Waals surface area contributed by atoms with Crippen LogP contribution < -0.4 is 16.4 Å². The van der Waals surface area contributed by atoms with Crippen molar-refractivity contribution in [3.05, 3.63) is 0 Å². The predicted octanol–water partition coefficient (Wildman–Crippen LogP) is -2.64. The molecule has 0 aromatic heterocycles. The first-order chi connectivity index (χ1) is 13.0. The molecule has 0 radical (unpaired) electrons. The molecule has 0 bridgehead atoms. The van der Waals surface area contributed by atoms with E-state index in [1.807, 2.05) is 0 Å². The molecule has 164 valence electrons. The van der Waals surface area contributed by atoms with Crippen molar-refractivity contribution in [1.82, 2.24) is 10.6 Å². The molecular formula is C14H27N3O8S3. The van der Waals surface area contributed by atoms with Gasteiger partial charge in [-0.3, -0.25) is 19.2 Å². The van der Waals surface area contributed by atoms with Crippen LogP contribution in [0.1, 0.15) is 12.8 Å². The minimum Gasteiger partial charge on any atom is -0.480 e. The standard InChI is InChI=1S/C10H17N3O6S.C4H10O2S2/c11-5(10(18)19)1-2-7(14)13-6(4-20)9(17)12-3-8(15)16;5-3(1-7)4(6)2-8/h5-6,20H,1-4,11H2,(H,12,17)(H,13,14)(H,15,16)(H,18,19);3-8H,1-2H2/t5-,6-;3-,4-/m01/s1. The summed E-state index contributed by atoms with van der Waals surface area (Å²) in [5, 5.41) is 38.9. The number of nitrogens with one attached hydrogen (secondary N) is 2. The van der Waals surface area contributed by atoms with Crippen molar-refractivity contribution < 1.29 is 39.6 Å². The predicted molar refractivity (Wildman–Crippen MR) is 111 cm³/mol. The summed E-state index contributed by atoms with van der Waals surface area (Å²) in [6.07, 6.45) is -1.71. The van der Waals surface area contributed by atoms with Gasteiger partial charge in [-0.15, -0.1) is 0 Å². The van der Waals surface area contributed by atoms with Crippen LogP contribution in [0.4, 0.5) is 0 Å². The van der Waals surface area contributed by atoms with Gasteiger partial charge in [-0.2, -0.15) is 37.9 Å². The molecule has 0 spiro atoms. The van der Waals surface area contributed by atoms with Crippen molar-refractivity contribution in [2.24, 2.45) is 5.73 Å².